The van der Waals surface area contributed by atoms with Crippen molar-refractivity contribution in [3.63, 3.8) is 0 Å². The number of carbonyl (C=O) groups is 2. The summed E-state index contributed by atoms with van der Waals surface area (Å²) < 4.78 is 11.1. The average molecular weight is 315 g/mol. The van der Waals surface area contributed by atoms with Gasteiger partial charge in [0.15, 0.2) is 0 Å². The highest BCUT2D eigenvalue weighted by Gasteiger charge is 2.31. The molecule has 0 spiro atoms. The van der Waals surface area contributed by atoms with Gasteiger partial charge in [-0.1, -0.05) is 23.5 Å². The molecule has 0 N–H and O–H groups in total. The van der Waals surface area contributed by atoms with Gasteiger partial charge in [0, 0.05) is 13.1 Å². The van der Waals surface area contributed by atoms with E-state index >= 15 is 0 Å². The highest BCUT2D eigenvalue weighted by molar-refractivity contribution is 8.27. The van der Waals surface area contributed by atoms with Crippen LogP contribution in [0.4, 0.5) is 0 Å². The lowest BCUT2D eigenvalue weighted by atomic mass is 10.2. The molecule has 1 fully saturated rings. The first kappa shape index (κ1) is 15.5. The van der Waals surface area contributed by atoms with Gasteiger partial charge in [0.25, 0.3) is 5.91 Å². The molecule has 0 saturated carbocycles. The van der Waals surface area contributed by atoms with E-state index in [2.05, 4.69) is 0 Å². The monoisotopic (exact) mass is 315 g/mol. The van der Waals surface area contributed by atoms with Crippen molar-refractivity contribution >= 4 is 35.4 Å². The molecule has 20 heavy (non-hydrogen) atoms. The molecule has 0 aromatic heterocycles. The summed E-state index contributed by atoms with van der Waals surface area (Å²) in [5.41, 5.74) is 0.139. The van der Waals surface area contributed by atoms with Crippen molar-refractivity contribution < 1.29 is 19.1 Å². The van der Waals surface area contributed by atoms with Gasteiger partial charge < -0.3 is 14.4 Å². The first-order valence-corrected chi connectivity index (χ1v) is 8.16. The molecule has 0 atom stereocenters. The molecule has 0 aromatic carbocycles. The van der Waals surface area contributed by atoms with Crippen LogP contribution in [0.25, 0.3) is 0 Å². The van der Waals surface area contributed by atoms with E-state index in [1.807, 2.05) is 10.8 Å². The van der Waals surface area contributed by atoms with Crippen LogP contribution >= 0.6 is 23.5 Å². The standard InChI is InChI=1S/C13H17NO4S2/c1-9(2)18-12(16)10(13-19-7-8-20-13)11(15)14-3-5-17-6-4-14/h7-9H,3-6H2,1-2H3. The Balaban J connectivity index is 2.20. The van der Waals surface area contributed by atoms with Crippen molar-refractivity contribution in [2.24, 2.45) is 0 Å². The van der Waals surface area contributed by atoms with Crippen molar-refractivity contribution in [3.05, 3.63) is 20.6 Å². The van der Waals surface area contributed by atoms with Crippen molar-refractivity contribution in [3.8, 4) is 0 Å². The number of esters is 1. The normalized spacial score (nSPS) is 18.6. The number of nitrogens with zero attached hydrogens (tertiary/aromatic N) is 1. The number of rotatable bonds is 3. The maximum absolute atomic E-state index is 12.6. The molecule has 2 heterocycles. The summed E-state index contributed by atoms with van der Waals surface area (Å²) in [5.74, 6) is -0.812. The SMILES string of the molecule is CC(C)OC(=O)C(C(=O)N1CCOCC1)=C1SC=CS1. The van der Waals surface area contributed by atoms with Crippen LogP contribution in [0.15, 0.2) is 20.6 Å². The molecule has 0 aliphatic carbocycles. The lowest BCUT2D eigenvalue weighted by Crippen LogP contribution is -2.43. The highest BCUT2D eigenvalue weighted by Crippen LogP contribution is 2.40. The van der Waals surface area contributed by atoms with Crippen molar-refractivity contribution in [1.29, 1.82) is 0 Å². The summed E-state index contributed by atoms with van der Waals surface area (Å²) >= 11 is 2.76. The molecule has 0 unspecified atom stereocenters. The van der Waals surface area contributed by atoms with Gasteiger partial charge in [-0.3, -0.25) is 4.79 Å². The van der Waals surface area contributed by atoms with Crippen LogP contribution in [0.5, 0.6) is 0 Å². The molecule has 1 saturated heterocycles. The van der Waals surface area contributed by atoms with Crippen molar-refractivity contribution in [2.45, 2.75) is 20.0 Å². The first-order chi connectivity index (χ1) is 9.59. The second-order valence-corrected chi connectivity index (χ2v) is 6.62. The number of thioether (sulfide) groups is 2. The highest BCUT2D eigenvalue weighted by atomic mass is 32.2. The minimum absolute atomic E-state index is 0.139. The average Bonchev–Trinajstić information content (AvgIpc) is 2.93. The second-order valence-electron chi connectivity index (χ2n) is 4.53. The zero-order valence-corrected chi connectivity index (χ0v) is 13.1. The van der Waals surface area contributed by atoms with E-state index in [1.54, 1.807) is 18.7 Å². The van der Waals surface area contributed by atoms with Gasteiger partial charge in [-0.05, 0) is 24.7 Å². The summed E-state index contributed by atoms with van der Waals surface area (Å²) in [7, 11) is 0. The molecular formula is C13H17NO4S2. The van der Waals surface area contributed by atoms with Crippen LogP contribution in [-0.2, 0) is 19.1 Å². The Morgan fingerprint density at radius 2 is 1.85 bits per heavy atom. The summed E-state index contributed by atoms with van der Waals surface area (Å²) in [4.78, 5) is 26.4. The van der Waals surface area contributed by atoms with Gasteiger partial charge in [0.2, 0.25) is 0 Å². The van der Waals surface area contributed by atoms with Gasteiger partial charge in [0.1, 0.15) is 5.57 Å². The predicted octanol–water partition coefficient (Wildman–Crippen LogP) is 1.96. The third kappa shape index (κ3) is 3.80. The van der Waals surface area contributed by atoms with E-state index < -0.39 is 5.97 Å². The molecule has 7 heteroatoms. The van der Waals surface area contributed by atoms with Crippen LogP contribution in [0.1, 0.15) is 13.8 Å². The third-order valence-electron chi connectivity index (χ3n) is 2.67. The number of carbonyl (C=O) groups excluding carboxylic acids is 2. The summed E-state index contributed by atoms with van der Waals surface area (Å²) in [6, 6.07) is 0. The second kappa shape index (κ2) is 7.19. The van der Waals surface area contributed by atoms with Crippen molar-refractivity contribution in [2.75, 3.05) is 26.3 Å². The van der Waals surface area contributed by atoms with Crippen molar-refractivity contribution in [1.82, 2.24) is 4.90 Å². The maximum Gasteiger partial charge on any atom is 0.345 e. The summed E-state index contributed by atoms with van der Waals surface area (Å²) in [5, 5.41) is 3.71. The molecule has 0 bridgehead atoms. The fourth-order valence-corrected chi connectivity index (χ4v) is 3.60. The third-order valence-corrected chi connectivity index (χ3v) is 4.80. The summed E-state index contributed by atoms with van der Waals surface area (Å²) in [6.45, 7) is 5.57. The number of hydrogen-bond donors (Lipinski definition) is 0. The Labute approximate surface area is 126 Å². The van der Waals surface area contributed by atoms with E-state index in [4.69, 9.17) is 9.47 Å². The van der Waals surface area contributed by atoms with Crippen LogP contribution < -0.4 is 0 Å². The fourth-order valence-electron chi connectivity index (χ4n) is 1.78. The van der Waals surface area contributed by atoms with E-state index in [-0.39, 0.29) is 17.6 Å². The molecule has 110 valence electrons. The van der Waals surface area contributed by atoms with Gasteiger partial charge in [-0.15, -0.1) is 0 Å². The Morgan fingerprint density at radius 3 is 2.40 bits per heavy atom. The molecule has 0 aromatic rings. The Hall–Kier alpha value is -0.920. The Morgan fingerprint density at radius 1 is 1.25 bits per heavy atom. The van der Waals surface area contributed by atoms with E-state index in [1.165, 1.54) is 23.5 Å². The quantitative estimate of drug-likeness (QED) is 0.343. The Bertz CT molecular complexity index is 443. The van der Waals surface area contributed by atoms with E-state index in [9.17, 15) is 9.59 Å². The first-order valence-electron chi connectivity index (χ1n) is 6.40. The van der Waals surface area contributed by atoms with Crippen LogP contribution in [0, 0.1) is 0 Å². The molecule has 0 radical (unpaired) electrons. The molecule has 1 amide bonds. The molecule has 2 aliphatic heterocycles. The Kier molecular flexibility index (Phi) is 5.56. The predicted molar refractivity (Wildman–Crippen MR) is 80.0 cm³/mol. The molecule has 5 nitrogen and oxygen atoms in total. The lowest BCUT2D eigenvalue weighted by molar-refractivity contribution is -0.146. The van der Waals surface area contributed by atoms with Gasteiger partial charge in [-0.2, -0.15) is 0 Å². The molecular weight excluding hydrogens is 298 g/mol. The lowest BCUT2D eigenvalue weighted by Gasteiger charge is -2.27. The van der Waals surface area contributed by atoms with Gasteiger partial charge >= 0.3 is 5.97 Å². The maximum atomic E-state index is 12.6. The molecule has 2 rings (SSSR count). The van der Waals surface area contributed by atoms with Gasteiger partial charge in [-0.25, -0.2) is 4.79 Å². The zero-order valence-electron chi connectivity index (χ0n) is 11.5. The van der Waals surface area contributed by atoms with Crippen LogP contribution in [0.2, 0.25) is 0 Å². The summed E-state index contributed by atoms with van der Waals surface area (Å²) in [6.07, 6.45) is -0.250. The smallest absolute Gasteiger partial charge is 0.345 e. The van der Waals surface area contributed by atoms with Crippen LogP contribution in [0.3, 0.4) is 0 Å². The zero-order chi connectivity index (χ0) is 14.5. The van der Waals surface area contributed by atoms with Gasteiger partial charge in [0.05, 0.1) is 23.6 Å². The minimum Gasteiger partial charge on any atom is -0.459 e. The fraction of sp³-hybridized carbons (Fsp3) is 0.538. The van der Waals surface area contributed by atoms with Crippen LogP contribution in [-0.4, -0.2) is 49.2 Å². The van der Waals surface area contributed by atoms with E-state index in [0.29, 0.717) is 30.5 Å². The molecule has 2 aliphatic rings. The minimum atomic E-state index is -0.546. The topological polar surface area (TPSA) is 55.8 Å². The largest absolute Gasteiger partial charge is 0.459 e. The number of amides is 1. The van der Waals surface area contributed by atoms with E-state index in [0.717, 1.165) is 0 Å². The number of morpholine rings is 1. The number of hydrogen-bond acceptors (Lipinski definition) is 6. The number of ether oxygens (including phenoxy) is 2.